The maximum absolute atomic E-state index is 11.8. The molecule has 0 aliphatic rings. The van der Waals surface area contributed by atoms with Crippen LogP contribution in [0.25, 0.3) is 0 Å². The first-order valence-corrected chi connectivity index (χ1v) is 6.31. The molecular weight excluding hydrogens is 260 g/mol. The van der Waals surface area contributed by atoms with Crippen molar-refractivity contribution in [2.75, 3.05) is 19.0 Å². The van der Waals surface area contributed by atoms with E-state index in [0.717, 1.165) is 0 Å². The van der Waals surface area contributed by atoms with Crippen molar-refractivity contribution in [1.82, 2.24) is 0 Å². The number of carbonyl (C=O) groups is 1. The summed E-state index contributed by atoms with van der Waals surface area (Å²) in [4.78, 5) is 11.8. The molecule has 0 aliphatic carbocycles. The lowest BCUT2D eigenvalue weighted by atomic mass is 10.1. The largest absolute Gasteiger partial charge is 0.497 e. The number of nitrogens with one attached hydrogen (secondary N) is 1. The van der Waals surface area contributed by atoms with Gasteiger partial charge in [-0.15, -0.1) is 0 Å². The summed E-state index contributed by atoms with van der Waals surface area (Å²) in [5.41, 5.74) is 6.31. The highest BCUT2D eigenvalue weighted by Crippen LogP contribution is 2.27. The van der Waals surface area contributed by atoms with Gasteiger partial charge in [-0.25, -0.2) is 4.79 Å². The van der Waals surface area contributed by atoms with Crippen LogP contribution in [0, 0.1) is 0 Å². The summed E-state index contributed by atoms with van der Waals surface area (Å²) in [6, 6.07) is 4.41. The molecule has 0 aliphatic heterocycles. The lowest BCUT2D eigenvalue weighted by Crippen LogP contribution is -2.28. The molecule has 112 valence electrons. The van der Waals surface area contributed by atoms with Crippen molar-refractivity contribution in [3.05, 3.63) is 23.8 Å². The number of nitrogens with two attached hydrogens (primary N) is 1. The van der Waals surface area contributed by atoms with Crippen molar-refractivity contribution in [3.8, 4) is 5.75 Å². The molecule has 0 saturated carbocycles. The number of carbonyl (C=O) groups excluding carboxylic acids is 1. The Bertz CT molecular complexity index is 469. The first kappa shape index (κ1) is 16.3. The quantitative estimate of drug-likeness (QED) is 0.785. The van der Waals surface area contributed by atoms with Crippen molar-refractivity contribution >= 4 is 11.8 Å². The first-order chi connectivity index (χ1) is 9.26. The molecule has 0 heterocycles. The number of aliphatic hydroxyl groups is 1. The smallest absolute Gasteiger partial charge is 0.412 e. The topological polar surface area (TPSA) is 93.8 Å². The Hall–Kier alpha value is -1.79. The van der Waals surface area contributed by atoms with Crippen LogP contribution in [-0.4, -0.2) is 30.5 Å². The van der Waals surface area contributed by atoms with Crippen molar-refractivity contribution < 1.29 is 19.4 Å². The predicted octanol–water partition coefficient (Wildman–Crippen LogP) is 2.03. The Kier molecular flexibility index (Phi) is 5.35. The van der Waals surface area contributed by atoms with Crippen LogP contribution >= 0.6 is 0 Å². The summed E-state index contributed by atoms with van der Waals surface area (Å²) in [6.07, 6.45) is -0.575. The number of rotatable bonds is 4. The van der Waals surface area contributed by atoms with Gasteiger partial charge in [-0.2, -0.15) is 0 Å². The third kappa shape index (κ3) is 4.71. The van der Waals surface area contributed by atoms with E-state index in [1.807, 2.05) is 0 Å². The van der Waals surface area contributed by atoms with Crippen molar-refractivity contribution in [2.24, 2.45) is 5.73 Å². The Morgan fingerprint density at radius 2 is 2.10 bits per heavy atom. The molecule has 0 aromatic heterocycles. The van der Waals surface area contributed by atoms with Crippen molar-refractivity contribution in [2.45, 2.75) is 32.4 Å². The minimum absolute atomic E-state index is 0.240. The zero-order valence-corrected chi connectivity index (χ0v) is 12.3. The number of aliphatic hydroxyl groups excluding tert-OH is 1. The summed E-state index contributed by atoms with van der Waals surface area (Å²) in [5, 5.41) is 11.8. The Labute approximate surface area is 118 Å². The van der Waals surface area contributed by atoms with Gasteiger partial charge in [-0.3, -0.25) is 5.32 Å². The monoisotopic (exact) mass is 282 g/mol. The Balaban J connectivity index is 2.96. The van der Waals surface area contributed by atoms with Gasteiger partial charge in [0.2, 0.25) is 0 Å². The molecule has 1 aromatic carbocycles. The van der Waals surface area contributed by atoms with Gasteiger partial charge in [0, 0.05) is 5.69 Å². The van der Waals surface area contributed by atoms with Crippen LogP contribution in [0.15, 0.2) is 18.2 Å². The molecule has 0 unspecified atom stereocenters. The van der Waals surface area contributed by atoms with Crippen LogP contribution < -0.4 is 15.8 Å². The number of hydrogen-bond acceptors (Lipinski definition) is 5. The third-order valence-corrected chi connectivity index (χ3v) is 2.49. The Morgan fingerprint density at radius 1 is 1.45 bits per heavy atom. The molecular formula is C14H22N2O4. The molecule has 1 amide bonds. The highest BCUT2D eigenvalue weighted by molar-refractivity contribution is 5.86. The summed E-state index contributed by atoms with van der Waals surface area (Å²) in [6.45, 7) is 5.10. The zero-order chi connectivity index (χ0) is 15.3. The fraction of sp³-hybridized carbons (Fsp3) is 0.500. The van der Waals surface area contributed by atoms with E-state index in [0.29, 0.717) is 17.0 Å². The number of amides is 1. The van der Waals surface area contributed by atoms with Crippen molar-refractivity contribution in [1.29, 1.82) is 0 Å². The summed E-state index contributed by atoms with van der Waals surface area (Å²) >= 11 is 0. The van der Waals surface area contributed by atoms with Gasteiger partial charge in [-0.05, 0) is 44.5 Å². The van der Waals surface area contributed by atoms with E-state index < -0.39 is 17.7 Å². The lowest BCUT2D eigenvalue weighted by molar-refractivity contribution is 0.0635. The van der Waals surface area contributed by atoms with Crippen LogP contribution in [0.4, 0.5) is 10.5 Å². The fourth-order valence-electron chi connectivity index (χ4n) is 1.60. The molecule has 0 spiro atoms. The maximum Gasteiger partial charge on any atom is 0.412 e. The van der Waals surface area contributed by atoms with E-state index in [1.54, 1.807) is 39.0 Å². The molecule has 0 radical (unpaired) electrons. The minimum atomic E-state index is -0.616. The number of hydrogen-bond donors (Lipinski definition) is 3. The highest BCUT2D eigenvalue weighted by atomic mass is 16.6. The van der Waals surface area contributed by atoms with E-state index in [4.69, 9.17) is 15.2 Å². The molecule has 1 aromatic rings. The first-order valence-electron chi connectivity index (χ1n) is 6.31. The van der Waals surface area contributed by atoms with Crippen LogP contribution in [0.1, 0.15) is 32.4 Å². The van der Waals surface area contributed by atoms with E-state index in [9.17, 15) is 9.90 Å². The second-order valence-electron chi connectivity index (χ2n) is 5.37. The van der Waals surface area contributed by atoms with Gasteiger partial charge in [-0.1, -0.05) is 0 Å². The van der Waals surface area contributed by atoms with Crippen LogP contribution in [0.5, 0.6) is 5.75 Å². The Morgan fingerprint density at radius 3 is 2.60 bits per heavy atom. The number of anilines is 1. The summed E-state index contributed by atoms with van der Waals surface area (Å²) in [7, 11) is 1.53. The van der Waals surface area contributed by atoms with Gasteiger partial charge >= 0.3 is 6.09 Å². The standard InChI is InChI=1S/C14H22N2O4/c1-14(2,3)20-13(18)16-12-6-5-9(19-4)7-10(12)11(15)8-17/h5-7,11,17H,8,15H2,1-4H3,(H,16,18)/t11-/m0/s1. The predicted molar refractivity (Wildman–Crippen MR) is 76.9 cm³/mol. The normalized spacial score (nSPS) is 12.7. The third-order valence-electron chi connectivity index (χ3n) is 2.49. The van der Waals surface area contributed by atoms with Crippen molar-refractivity contribution in [3.63, 3.8) is 0 Å². The SMILES string of the molecule is COc1ccc(NC(=O)OC(C)(C)C)c([C@@H](N)CO)c1. The van der Waals surface area contributed by atoms with Crippen LogP contribution in [-0.2, 0) is 4.74 Å². The van der Waals surface area contributed by atoms with Gasteiger partial charge in [0.15, 0.2) is 0 Å². The highest BCUT2D eigenvalue weighted by Gasteiger charge is 2.19. The zero-order valence-electron chi connectivity index (χ0n) is 12.3. The average molecular weight is 282 g/mol. The van der Waals surface area contributed by atoms with E-state index in [2.05, 4.69) is 5.32 Å². The molecule has 6 nitrogen and oxygen atoms in total. The number of benzene rings is 1. The van der Waals surface area contributed by atoms with E-state index in [1.165, 1.54) is 7.11 Å². The lowest BCUT2D eigenvalue weighted by Gasteiger charge is -2.21. The second kappa shape index (κ2) is 6.58. The summed E-state index contributed by atoms with van der Waals surface area (Å²) in [5.74, 6) is 0.596. The van der Waals surface area contributed by atoms with Gasteiger partial charge in [0.05, 0.1) is 19.8 Å². The maximum atomic E-state index is 11.8. The van der Waals surface area contributed by atoms with Crippen LogP contribution in [0.2, 0.25) is 0 Å². The fourth-order valence-corrected chi connectivity index (χ4v) is 1.60. The molecule has 1 atom stereocenters. The number of methoxy groups -OCH3 is 1. The average Bonchev–Trinajstić information content (AvgIpc) is 2.36. The molecule has 0 fully saturated rings. The molecule has 6 heteroatoms. The van der Waals surface area contributed by atoms with E-state index >= 15 is 0 Å². The molecule has 1 rings (SSSR count). The minimum Gasteiger partial charge on any atom is -0.497 e. The van der Waals surface area contributed by atoms with Gasteiger partial charge in [0.1, 0.15) is 11.4 Å². The number of ether oxygens (including phenoxy) is 2. The van der Waals surface area contributed by atoms with Crippen LogP contribution in [0.3, 0.4) is 0 Å². The van der Waals surface area contributed by atoms with E-state index in [-0.39, 0.29) is 6.61 Å². The van der Waals surface area contributed by atoms with Gasteiger partial charge < -0.3 is 20.3 Å². The molecule has 0 saturated heterocycles. The molecule has 4 N–H and O–H groups in total. The molecule has 0 bridgehead atoms. The molecule has 20 heavy (non-hydrogen) atoms. The second-order valence-corrected chi connectivity index (χ2v) is 5.37. The van der Waals surface area contributed by atoms with Gasteiger partial charge in [0.25, 0.3) is 0 Å². The summed E-state index contributed by atoms with van der Waals surface area (Å²) < 4.78 is 10.3.